The summed E-state index contributed by atoms with van der Waals surface area (Å²) in [6.07, 6.45) is 7.57. The van der Waals surface area contributed by atoms with Crippen LogP contribution in [0, 0.1) is 5.92 Å². The molecule has 2 saturated carbocycles. The maximum Gasteiger partial charge on any atom is 0.410 e. The second-order valence-electron chi connectivity index (χ2n) is 16.1. The number of halogens is 1. The smallest absolute Gasteiger partial charge is 0.410 e. The molecule has 0 radical (unpaired) electrons. The normalized spacial score (nSPS) is 27.9. The summed E-state index contributed by atoms with van der Waals surface area (Å²) in [7, 11) is -4.23. The Kier molecular flexibility index (Phi) is 11.8. The SMILES string of the molecule is CC(C)(C)OC(=O)N[C@H]1CCCCCC=C[C@@H]2C[C@@]2(C(=O)NS(=O)(=O)NC2CCCC2)NC(=O)[C@@H]2C[C@@H](OC(=O)N3Cc4cccc(Cl)c4C3)CN2C1=O. The van der Waals surface area contributed by atoms with Gasteiger partial charge < -0.3 is 25.0 Å². The first kappa shape index (κ1) is 39.8. The number of carbonyl (C=O) groups is 5. The van der Waals surface area contributed by atoms with Crippen molar-refractivity contribution < 1.29 is 41.9 Å². The lowest BCUT2D eigenvalue weighted by Crippen LogP contribution is -2.59. The first-order valence-electron chi connectivity index (χ1n) is 18.9. The van der Waals surface area contributed by atoms with E-state index in [0.717, 1.165) is 36.8 Å². The molecule has 2 aliphatic carbocycles. The van der Waals surface area contributed by atoms with E-state index in [1.54, 1.807) is 32.9 Å². The number of allylic oxidation sites excluding steroid dienone is 1. The van der Waals surface area contributed by atoms with Crippen molar-refractivity contribution >= 4 is 51.7 Å². The summed E-state index contributed by atoms with van der Waals surface area (Å²) >= 11 is 6.37. The molecule has 0 aromatic heterocycles. The van der Waals surface area contributed by atoms with Gasteiger partial charge in [0.25, 0.3) is 5.91 Å². The fraction of sp³-hybridized carbons (Fsp3) is 0.649. The number of benzene rings is 1. The highest BCUT2D eigenvalue weighted by Gasteiger charge is 2.62. The predicted molar refractivity (Wildman–Crippen MR) is 198 cm³/mol. The fourth-order valence-corrected chi connectivity index (χ4v) is 9.26. The van der Waals surface area contributed by atoms with Crippen molar-refractivity contribution in [2.45, 2.75) is 140 Å². The Morgan fingerprint density at radius 3 is 2.48 bits per heavy atom. The topological polar surface area (TPSA) is 193 Å². The van der Waals surface area contributed by atoms with E-state index >= 15 is 0 Å². The lowest BCUT2D eigenvalue weighted by Gasteiger charge is -2.30. The zero-order chi connectivity index (χ0) is 38.8. The van der Waals surface area contributed by atoms with E-state index in [9.17, 15) is 32.4 Å². The molecule has 4 N–H and O–H groups in total. The van der Waals surface area contributed by atoms with Crippen LogP contribution in [0.15, 0.2) is 30.4 Å². The number of nitrogens with one attached hydrogen (secondary N) is 4. The third-order valence-electron chi connectivity index (χ3n) is 10.7. The zero-order valence-electron chi connectivity index (χ0n) is 31.0. The molecule has 3 fully saturated rings. The third kappa shape index (κ3) is 9.48. The van der Waals surface area contributed by atoms with E-state index in [2.05, 4.69) is 20.1 Å². The highest BCUT2D eigenvalue weighted by Crippen LogP contribution is 2.46. The Bertz CT molecular complexity index is 1780. The average molecular weight is 791 g/mol. The number of alkyl carbamates (subject to hydrolysis) is 1. The lowest BCUT2D eigenvalue weighted by molar-refractivity contribution is -0.141. The van der Waals surface area contributed by atoms with Gasteiger partial charge in [0, 0.05) is 29.9 Å². The van der Waals surface area contributed by atoms with Crippen LogP contribution < -0.4 is 20.1 Å². The van der Waals surface area contributed by atoms with E-state index in [0.29, 0.717) is 30.7 Å². The number of nitrogens with zero attached hydrogens (tertiary/aromatic N) is 2. The Labute approximate surface area is 321 Å². The quantitative estimate of drug-likeness (QED) is 0.309. The molecule has 0 bridgehead atoms. The van der Waals surface area contributed by atoms with Crippen molar-refractivity contribution in [3.05, 3.63) is 46.5 Å². The molecule has 5 aliphatic rings. The second-order valence-corrected chi connectivity index (χ2v) is 17.9. The van der Waals surface area contributed by atoms with Crippen LogP contribution in [0.4, 0.5) is 9.59 Å². The van der Waals surface area contributed by atoms with E-state index in [4.69, 9.17) is 21.1 Å². The number of amides is 5. The first-order chi connectivity index (χ1) is 25.5. The lowest BCUT2D eigenvalue weighted by atomic mass is 10.0. The van der Waals surface area contributed by atoms with Crippen molar-refractivity contribution in [3.8, 4) is 0 Å². The van der Waals surface area contributed by atoms with E-state index in [-0.39, 0.29) is 44.9 Å². The number of hydrogen-bond acceptors (Lipinski definition) is 9. The van der Waals surface area contributed by atoms with Gasteiger partial charge in [-0.05, 0) is 76.5 Å². The summed E-state index contributed by atoms with van der Waals surface area (Å²) in [5.41, 5.74) is -0.709. The summed E-state index contributed by atoms with van der Waals surface area (Å²) in [6, 6.07) is 2.88. The van der Waals surface area contributed by atoms with Crippen LogP contribution in [0.25, 0.3) is 0 Å². The van der Waals surface area contributed by atoms with E-state index in [1.165, 1.54) is 9.80 Å². The molecule has 3 aliphatic heterocycles. The second kappa shape index (κ2) is 16.1. The molecule has 1 saturated heterocycles. The summed E-state index contributed by atoms with van der Waals surface area (Å²) < 4.78 is 42.1. The zero-order valence-corrected chi connectivity index (χ0v) is 32.6. The maximum atomic E-state index is 14.4. The maximum absolute atomic E-state index is 14.4. The summed E-state index contributed by atoms with van der Waals surface area (Å²) in [6.45, 7) is 5.48. The molecule has 54 heavy (non-hydrogen) atoms. The number of ether oxygens (including phenoxy) is 2. The molecule has 5 amide bonds. The van der Waals surface area contributed by atoms with Crippen LogP contribution in [0.1, 0.15) is 103 Å². The Balaban J connectivity index is 1.24. The first-order valence-corrected chi connectivity index (χ1v) is 20.7. The molecule has 0 spiro atoms. The molecular formula is C37H51ClN6O9S. The van der Waals surface area contributed by atoms with Gasteiger partial charge in [-0.3, -0.25) is 19.3 Å². The molecule has 17 heteroatoms. The van der Waals surface area contributed by atoms with Gasteiger partial charge in [0.2, 0.25) is 11.8 Å². The van der Waals surface area contributed by atoms with Gasteiger partial charge in [-0.15, -0.1) is 0 Å². The summed E-state index contributed by atoms with van der Waals surface area (Å²) in [5, 5.41) is 6.04. The van der Waals surface area contributed by atoms with Crippen molar-refractivity contribution in [2.24, 2.45) is 5.92 Å². The fourth-order valence-electron chi connectivity index (χ4n) is 7.85. The highest BCUT2D eigenvalue weighted by molar-refractivity contribution is 7.88. The summed E-state index contributed by atoms with van der Waals surface area (Å²) in [5.74, 6) is -2.64. The number of rotatable bonds is 6. The number of carbonyl (C=O) groups excluding carboxylic acids is 5. The molecular weight excluding hydrogens is 740 g/mol. The Morgan fingerprint density at radius 1 is 1.02 bits per heavy atom. The Morgan fingerprint density at radius 2 is 1.76 bits per heavy atom. The standard InChI is InChI=1S/C37H51ClN6O9S/c1-36(2,3)53-34(48)39-29-17-8-6-4-5-7-13-24-19-37(24,33(47)42-54(50,51)41-25-14-9-10-15-25)40-31(45)30-18-26(21-44(30)32(29)46)52-35(49)43-20-23-12-11-16-28(38)27(23)22-43/h7,11-13,16,24-26,29-30,41H,4-6,8-10,14-15,17-22H2,1-3H3,(H,39,48)(H,40,45)(H,42,47)/t24-,26-,29+,30+,37-/m1/s1. The van der Waals surface area contributed by atoms with Crippen molar-refractivity contribution in [2.75, 3.05) is 6.54 Å². The number of fused-ring (bicyclic) bond motifs is 3. The average Bonchev–Trinajstić information content (AvgIpc) is 3.50. The van der Waals surface area contributed by atoms with Crippen LogP contribution in [0.5, 0.6) is 0 Å². The van der Waals surface area contributed by atoms with Gasteiger partial charge in [-0.2, -0.15) is 13.1 Å². The van der Waals surface area contributed by atoms with E-state index in [1.807, 2.05) is 18.2 Å². The van der Waals surface area contributed by atoms with Gasteiger partial charge in [-0.25, -0.2) is 14.3 Å². The Hall–Kier alpha value is -3.89. The van der Waals surface area contributed by atoms with Crippen molar-refractivity contribution in [1.82, 2.24) is 29.9 Å². The van der Waals surface area contributed by atoms with Gasteiger partial charge in [0.15, 0.2) is 0 Å². The van der Waals surface area contributed by atoms with Gasteiger partial charge in [0.1, 0.15) is 29.3 Å². The van der Waals surface area contributed by atoms with Crippen LogP contribution in [-0.4, -0.2) is 90.0 Å². The minimum absolute atomic E-state index is 0.0935. The number of hydrogen-bond donors (Lipinski definition) is 4. The summed E-state index contributed by atoms with van der Waals surface area (Å²) in [4.78, 5) is 71.6. The van der Waals surface area contributed by atoms with Gasteiger partial charge in [-0.1, -0.05) is 61.6 Å². The van der Waals surface area contributed by atoms with Gasteiger partial charge >= 0.3 is 22.4 Å². The van der Waals surface area contributed by atoms with Crippen LogP contribution in [0.3, 0.4) is 0 Å². The monoisotopic (exact) mass is 790 g/mol. The molecule has 1 aromatic carbocycles. The highest BCUT2D eigenvalue weighted by atomic mass is 35.5. The van der Waals surface area contributed by atoms with Crippen LogP contribution in [0.2, 0.25) is 5.02 Å². The molecule has 0 unspecified atom stereocenters. The van der Waals surface area contributed by atoms with Crippen molar-refractivity contribution in [1.29, 1.82) is 0 Å². The molecule has 296 valence electrons. The molecule has 5 atom stereocenters. The largest absolute Gasteiger partial charge is 0.444 e. The third-order valence-corrected chi connectivity index (χ3v) is 12.1. The van der Waals surface area contributed by atoms with Crippen LogP contribution in [-0.2, 0) is 47.2 Å². The molecule has 1 aromatic rings. The predicted octanol–water partition coefficient (Wildman–Crippen LogP) is 3.94. The van der Waals surface area contributed by atoms with Crippen molar-refractivity contribution in [3.63, 3.8) is 0 Å². The van der Waals surface area contributed by atoms with Gasteiger partial charge in [0.05, 0.1) is 13.1 Å². The minimum atomic E-state index is -4.23. The minimum Gasteiger partial charge on any atom is -0.444 e. The molecule has 15 nitrogen and oxygen atoms in total. The molecule has 6 rings (SSSR count). The molecule has 3 heterocycles. The van der Waals surface area contributed by atoms with E-state index < -0.39 is 75.4 Å². The van der Waals surface area contributed by atoms with Crippen LogP contribution >= 0.6 is 11.6 Å².